The highest BCUT2D eigenvalue weighted by atomic mass is 127. The van der Waals surface area contributed by atoms with Gasteiger partial charge in [-0.25, -0.2) is 9.29 Å². The smallest absolute Gasteiger partial charge is 0.269 e. The van der Waals surface area contributed by atoms with Gasteiger partial charge in [0.05, 0.1) is 55.2 Å². The molecule has 2 heterocycles. The number of nitrogens with zero attached hydrogens (tertiary/aromatic N) is 3. The molecule has 14 heteroatoms. The van der Waals surface area contributed by atoms with Gasteiger partial charge in [0.2, 0.25) is 23.6 Å². The summed E-state index contributed by atoms with van der Waals surface area (Å²) >= 11 is 8.02. The number of aromatic hydroxyl groups is 1. The minimum Gasteiger partial charge on any atom is -0.504 e. The minimum atomic E-state index is -1.39. The van der Waals surface area contributed by atoms with Gasteiger partial charge in [-0.3, -0.25) is 34.2 Å². The summed E-state index contributed by atoms with van der Waals surface area (Å²) in [7, 11) is 1.40. The monoisotopic (exact) mass is 785 g/mol. The van der Waals surface area contributed by atoms with Gasteiger partial charge in [0, 0.05) is 18.1 Å². The van der Waals surface area contributed by atoms with Crippen molar-refractivity contribution in [2.75, 3.05) is 16.9 Å². The third kappa shape index (κ3) is 4.50. The molecule has 4 amide bonds. The molecule has 1 N–H and O–H groups in total. The van der Waals surface area contributed by atoms with E-state index in [1.54, 1.807) is 19.1 Å². The summed E-state index contributed by atoms with van der Waals surface area (Å²) in [4.78, 5) is 69.6. The molecule has 2 saturated heterocycles. The average molecular weight is 786 g/mol. The fourth-order valence-electron chi connectivity index (χ4n) is 8.16. The Morgan fingerprint density at radius 2 is 1.69 bits per heavy atom. The van der Waals surface area contributed by atoms with Crippen LogP contribution in [0.1, 0.15) is 31.2 Å². The van der Waals surface area contributed by atoms with Gasteiger partial charge < -0.3 is 9.84 Å². The molecule has 7 rings (SSSR count). The first-order chi connectivity index (χ1) is 22.8. The number of nitro groups is 1. The van der Waals surface area contributed by atoms with E-state index < -0.39 is 69.4 Å². The molecule has 6 atom stereocenters. The van der Waals surface area contributed by atoms with Crippen molar-refractivity contribution in [3.8, 4) is 11.5 Å². The molecule has 0 radical (unpaired) electrons. The van der Waals surface area contributed by atoms with Crippen LogP contribution in [0.5, 0.6) is 11.5 Å². The zero-order valence-electron chi connectivity index (χ0n) is 25.4. The van der Waals surface area contributed by atoms with Gasteiger partial charge in [-0.2, -0.15) is 0 Å². The van der Waals surface area contributed by atoms with Gasteiger partial charge in [-0.05, 0) is 96.3 Å². The molecule has 0 spiro atoms. The molecular weight excluding hydrogens is 760 g/mol. The number of phenolic OH excluding ortho intramolecular Hbond substituents is 1. The van der Waals surface area contributed by atoms with E-state index in [0.29, 0.717) is 14.7 Å². The number of amides is 4. The number of fused-ring (bicyclic) bond motifs is 4. The Bertz CT molecular complexity index is 2000. The van der Waals surface area contributed by atoms with E-state index in [9.17, 15) is 38.8 Å². The Balaban J connectivity index is 1.37. The van der Waals surface area contributed by atoms with E-state index in [1.807, 2.05) is 28.7 Å². The zero-order valence-corrected chi connectivity index (χ0v) is 28.3. The lowest BCUT2D eigenvalue weighted by Crippen LogP contribution is -2.48. The standard InChI is InChI=1S/C34H26ClFIN3O8/c1-34-22(31(43)39(33(34)45)18-7-10-24(36)23(35)13-18)14-21-19(28(34)15-11-25(37)29(41)26(12-15)48-2)8-9-20-27(21)32(44)38(30(20)42)16-3-5-17(6-4-16)40(46)47/h3-8,10-13,20-22,27-28,41H,9,14H2,1-2H3. The van der Waals surface area contributed by atoms with Gasteiger partial charge in [0.1, 0.15) is 5.82 Å². The highest BCUT2D eigenvalue weighted by Crippen LogP contribution is 2.64. The van der Waals surface area contributed by atoms with Gasteiger partial charge >= 0.3 is 0 Å². The predicted octanol–water partition coefficient (Wildman–Crippen LogP) is 6.14. The third-order valence-corrected chi connectivity index (χ3v) is 11.5. The van der Waals surface area contributed by atoms with Crippen molar-refractivity contribution < 1.29 is 38.3 Å². The average Bonchev–Trinajstić information content (AvgIpc) is 3.43. The van der Waals surface area contributed by atoms with Crippen LogP contribution >= 0.6 is 34.2 Å². The Kier molecular flexibility index (Phi) is 7.62. The predicted molar refractivity (Wildman–Crippen MR) is 179 cm³/mol. The first-order valence-electron chi connectivity index (χ1n) is 15.0. The first-order valence-corrected chi connectivity index (χ1v) is 16.5. The number of ether oxygens (including phenoxy) is 1. The SMILES string of the molecule is COc1cc(C2C3=CCC4C(=O)N(c5ccc([N+](=O)[O-])cc5)C(=O)C4C3CC3C(=O)N(c4ccc(F)c(Cl)c4)C(=O)C32C)cc(I)c1O. The van der Waals surface area contributed by atoms with Crippen LogP contribution in [-0.2, 0) is 19.2 Å². The number of imide groups is 2. The fourth-order valence-corrected chi connectivity index (χ4v) is 8.96. The third-order valence-electron chi connectivity index (χ3n) is 10.4. The fraction of sp³-hybridized carbons (Fsp3) is 0.294. The van der Waals surface area contributed by atoms with Crippen LogP contribution in [0.3, 0.4) is 0 Å². The number of anilines is 2. The van der Waals surface area contributed by atoms with Gasteiger partial charge in [0.15, 0.2) is 11.5 Å². The summed E-state index contributed by atoms with van der Waals surface area (Å²) in [6.07, 6.45) is 2.15. The summed E-state index contributed by atoms with van der Waals surface area (Å²) in [5, 5.41) is 21.6. The molecule has 3 fully saturated rings. The molecule has 0 bridgehead atoms. The maximum absolute atomic E-state index is 14.6. The molecule has 2 aliphatic carbocycles. The zero-order chi connectivity index (χ0) is 34.4. The van der Waals surface area contributed by atoms with E-state index >= 15 is 0 Å². The maximum atomic E-state index is 14.6. The van der Waals surface area contributed by atoms with Crippen molar-refractivity contribution >= 4 is 74.9 Å². The number of non-ortho nitro benzene ring substituents is 1. The minimum absolute atomic E-state index is 0.0788. The second-order valence-corrected chi connectivity index (χ2v) is 14.2. The Morgan fingerprint density at radius 1 is 1.00 bits per heavy atom. The lowest BCUT2D eigenvalue weighted by molar-refractivity contribution is -0.384. The van der Waals surface area contributed by atoms with Gasteiger partial charge in [-0.15, -0.1) is 0 Å². The van der Waals surface area contributed by atoms with Crippen LogP contribution in [-0.4, -0.2) is 40.8 Å². The van der Waals surface area contributed by atoms with E-state index in [2.05, 4.69) is 0 Å². The van der Waals surface area contributed by atoms with Crippen molar-refractivity contribution in [1.29, 1.82) is 0 Å². The van der Waals surface area contributed by atoms with E-state index in [0.717, 1.165) is 15.9 Å². The van der Waals surface area contributed by atoms with E-state index in [1.165, 1.54) is 43.5 Å². The number of allylic oxidation sites excluding steroid dienone is 2. The number of hydrogen-bond acceptors (Lipinski definition) is 8. The maximum Gasteiger partial charge on any atom is 0.269 e. The molecule has 1 saturated carbocycles. The number of hydrogen-bond donors (Lipinski definition) is 1. The van der Waals surface area contributed by atoms with Crippen LogP contribution in [0.25, 0.3) is 0 Å². The van der Waals surface area contributed by atoms with Crippen LogP contribution < -0.4 is 14.5 Å². The van der Waals surface area contributed by atoms with Crippen molar-refractivity contribution in [2.24, 2.45) is 29.1 Å². The van der Waals surface area contributed by atoms with Gasteiger partial charge in [0.25, 0.3) is 5.69 Å². The van der Waals surface area contributed by atoms with Crippen molar-refractivity contribution in [2.45, 2.75) is 25.7 Å². The van der Waals surface area contributed by atoms with Crippen molar-refractivity contribution in [3.05, 3.63) is 96.3 Å². The highest BCUT2D eigenvalue weighted by molar-refractivity contribution is 14.1. The topological polar surface area (TPSA) is 147 Å². The molecule has 48 heavy (non-hydrogen) atoms. The summed E-state index contributed by atoms with van der Waals surface area (Å²) in [6.45, 7) is 1.70. The van der Waals surface area contributed by atoms with E-state index in [4.69, 9.17) is 16.3 Å². The first kappa shape index (κ1) is 32.2. The number of carbonyl (C=O) groups is 4. The Labute approximate surface area is 291 Å². The van der Waals surface area contributed by atoms with Crippen molar-refractivity contribution in [3.63, 3.8) is 0 Å². The molecule has 11 nitrogen and oxygen atoms in total. The highest BCUT2D eigenvalue weighted by Gasteiger charge is 2.67. The number of rotatable bonds is 5. The number of nitro benzene ring substituents is 1. The summed E-state index contributed by atoms with van der Waals surface area (Å²) < 4.78 is 20.0. The molecule has 246 valence electrons. The molecular formula is C34H26ClFIN3O8. The largest absolute Gasteiger partial charge is 0.504 e. The number of methoxy groups -OCH3 is 1. The van der Waals surface area contributed by atoms with Crippen LogP contribution in [0, 0.1) is 48.6 Å². The van der Waals surface area contributed by atoms with Crippen molar-refractivity contribution in [1.82, 2.24) is 0 Å². The van der Waals surface area contributed by atoms with Crippen LogP contribution in [0.2, 0.25) is 5.02 Å². The molecule has 0 aromatic heterocycles. The normalized spacial score (nSPS) is 27.9. The lowest BCUT2D eigenvalue weighted by Gasteiger charge is -2.49. The quantitative estimate of drug-likeness (QED) is 0.107. The number of carbonyl (C=O) groups excluding carboxylic acids is 4. The molecule has 3 aromatic rings. The van der Waals surface area contributed by atoms with Crippen LogP contribution in [0.15, 0.2) is 66.2 Å². The lowest BCUT2D eigenvalue weighted by atomic mass is 9.51. The second-order valence-electron chi connectivity index (χ2n) is 12.6. The second kappa shape index (κ2) is 11.4. The Hall–Kier alpha value is -4.37. The van der Waals surface area contributed by atoms with Crippen LogP contribution in [0.4, 0.5) is 21.5 Å². The molecule has 6 unspecified atom stereocenters. The van der Waals surface area contributed by atoms with E-state index in [-0.39, 0.29) is 46.4 Å². The Morgan fingerprint density at radius 3 is 2.33 bits per heavy atom. The number of benzene rings is 3. The number of halogens is 3. The molecule has 3 aromatic carbocycles. The van der Waals surface area contributed by atoms with Gasteiger partial charge in [-0.1, -0.05) is 23.3 Å². The molecule has 4 aliphatic rings. The summed E-state index contributed by atoms with van der Waals surface area (Å²) in [5.74, 6) is -6.64. The molecule has 2 aliphatic heterocycles. The summed E-state index contributed by atoms with van der Waals surface area (Å²) in [6, 6.07) is 12.1. The summed E-state index contributed by atoms with van der Waals surface area (Å²) in [5.41, 5.74) is 0.0134. The number of phenols is 1.